The van der Waals surface area contributed by atoms with E-state index in [2.05, 4.69) is 20.4 Å². The maximum atomic E-state index is 11.1. The van der Waals surface area contributed by atoms with E-state index in [1.54, 1.807) is 22.9 Å². The van der Waals surface area contributed by atoms with Gasteiger partial charge in [0.2, 0.25) is 0 Å². The van der Waals surface area contributed by atoms with E-state index in [1.165, 1.54) is 7.11 Å². The average Bonchev–Trinajstić information content (AvgIpc) is 2.90. The van der Waals surface area contributed by atoms with Crippen LogP contribution in [0.2, 0.25) is 0 Å². The Balaban J connectivity index is 1.96. The van der Waals surface area contributed by atoms with Crippen molar-refractivity contribution in [2.45, 2.75) is 6.54 Å². The molecule has 5 nitrogen and oxygen atoms in total. The molecule has 2 rings (SSSR count). The third-order valence-electron chi connectivity index (χ3n) is 2.25. The maximum absolute atomic E-state index is 11.1. The molecule has 2 aromatic rings. The molecule has 1 aromatic heterocycles. The van der Waals surface area contributed by atoms with Gasteiger partial charge in [0.15, 0.2) is 0 Å². The highest BCUT2D eigenvalue weighted by Gasteiger charge is 2.01. The number of thiazole rings is 1. The zero-order chi connectivity index (χ0) is 12.8. The first-order chi connectivity index (χ1) is 8.78. The summed E-state index contributed by atoms with van der Waals surface area (Å²) in [5.74, 6) is 0. The molecule has 0 atom stereocenters. The Bertz CT molecular complexity index is 514. The number of hydrogen-bond donors (Lipinski definition) is 2. The molecule has 94 valence electrons. The van der Waals surface area contributed by atoms with Crippen LogP contribution in [0.25, 0.3) is 0 Å². The van der Waals surface area contributed by atoms with E-state index in [4.69, 9.17) is 0 Å². The normalized spacial score (nSPS) is 9.83. The number of aromatic nitrogens is 1. The van der Waals surface area contributed by atoms with Crippen molar-refractivity contribution in [1.29, 1.82) is 0 Å². The molecule has 0 radical (unpaired) electrons. The minimum absolute atomic E-state index is 0.480. The Hall–Kier alpha value is -2.08. The van der Waals surface area contributed by atoms with Crippen LogP contribution in [0.15, 0.2) is 35.2 Å². The quantitative estimate of drug-likeness (QED) is 0.890. The molecule has 2 N–H and O–H groups in total. The van der Waals surface area contributed by atoms with Crippen molar-refractivity contribution < 1.29 is 9.53 Å². The van der Waals surface area contributed by atoms with Crippen molar-refractivity contribution in [1.82, 2.24) is 4.98 Å². The summed E-state index contributed by atoms with van der Waals surface area (Å²) in [6.07, 6.45) is -0.480. The van der Waals surface area contributed by atoms with Gasteiger partial charge in [-0.1, -0.05) is 6.07 Å². The predicted molar refractivity (Wildman–Crippen MR) is 71.9 cm³/mol. The lowest BCUT2D eigenvalue weighted by atomic mass is 10.2. The van der Waals surface area contributed by atoms with E-state index < -0.39 is 6.09 Å². The van der Waals surface area contributed by atoms with Crippen molar-refractivity contribution in [2.75, 3.05) is 17.7 Å². The van der Waals surface area contributed by atoms with E-state index in [9.17, 15) is 4.79 Å². The van der Waals surface area contributed by atoms with Gasteiger partial charge in [-0.25, -0.2) is 9.78 Å². The molecule has 0 spiro atoms. The first-order valence-electron chi connectivity index (χ1n) is 5.34. The minimum atomic E-state index is -0.480. The van der Waals surface area contributed by atoms with Gasteiger partial charge in [0.25, 0.3) is 0 Å². The smallest absolute Gasteiger partial charge is 0.411 e. The van der Waals surface area contributed by atoms with Gasteiger partial charge >= 0.3 is 6.09 Å². The molecule has 1 aromatic carbocycles. The van der Waals surface area contributed by atoms with E-state index in [1.807, 2.05) is 23.6 Å². The Labute approximate surface area is 109 Å². The number of ether oxygens (including phenoxy) is 1. The number of anilines is 2. The summed E-state index contributed by atoms with van der Waals surface area (Å²) in [4.78, 5) is 15.3. The summed E-state index contributed by atoms with van der Waals surface area (Å²) in [6.45, 7) is 0.658. The Kier molecular flexibility index (Phi) is 4.14. The third kappa shape index (κ3) is 3.46. The van der Waals surface area contributed by atoms with Gasteiger partial charge < -0.3 is 10.1 Å². The van der Waals surface area contributed by atoms with Crippen LogP contribution < -0.4 is 10.6 Å². The van der Waals surface area contributed by atoms with E-state index >= 15 is 0 Å². The molecular formula is C12H13N3O2S. The second kappa shape index (κ2) is 6.02. The first-order valence-corrected chi connectivity index (χ1v) is 6.28. The number of carbonyl (C=O) groups is 1. The predicted octanol–water partition coefficient (Wildman–Crippen LogP) is 2.93. The van der Waals surface area contributed by atoms with Crippen LogP contribution in [-0.2, 0) is 11.3 Å². The van der Waals surface area contributed by atoms with E-state index in [0.29, 0.717) is 12.2 Å². The zero-order valence-corrected chi connectivity index (χ0v) is 10.7. The van der Waals surface area contributed by atoms with Crippen molar-refractivity contribution in [2.24, 2.45) is 0 Å². The molecule has 0 aliphatic carbocycles. The highest BCUT2D eigenvalue weighted by molar-refractivity contribution is 7.07. The number of rotatable bonds is 4. The highest BCUT2D eigenvalue weighted by atomic mass is 32.1. The number of methoxy groups -OCH3 is 1. The largest absolute Gasteiger partial charge is 0.453 e. The van der Waals surface area contributed by atoms with E-state index in [0.717, 1.165) is 11.4 Å². The second-order valence-corrected chi connectivity index (χ2v) is 4.25. The third-order valence-corrected chi connectivity index (χ3v) is 2.89. The summed E-state index contributed by atoms with van der Waals surface area (Å²) in [7, 11) is 1.33. The fourth-order valence-corrected chi connectivity index (χ4v) is 1.95. The fourth-order valence-electron chi connectivity index (χ4n) is 1.39. The first kappa shape index (κ1) is 12.4. The molecule has 0 saturated carbocycles. The van der Waals surface area contributed by atoms with Crippen LogP contribution in [-0.4, -0.2) is 18.2 Å². The van der Waals surface area contributed by atoms with Crippen LogP contribution in [0.1, 0.15) is 5.69 Å². The molecule has 0 fully saturated rings. The molecule has 1 amide bonds. The van der Waals surface area contributed by atoms with Crippen LogP contribution in [0.4, 0.5) is 16.2 Å². The van der Waals surface area contributed by atoms with Crippen LogP contribution in [0.3, 0.4) is 0 Å². The number of amides is 1. The lowest BCUT2D eigenvalue weighted by Gasteiger charge is -2.08. The molecule has 0 bridgehead atoms. The SMILES string of the molecule is COC(=O)Nc1cccc(NCc2cscn2)c1. The van der Waals surface area contributed by atoms with Gasteiger partial charge in [-0.2, -0.15) is 0 Å². The Morgan fingerprint density at radius 2 is 2.28 bits per heavy atom. The van der Waals surface area contributed by atoms with Gasteiger partial charge in [0.05, 0.1) is 24.9 Å². The van der Waals surface area contributed by atoms with Gasteiger partial charge in [-0.3, -0.25) is 5.32 Å². The number of benzene rings is 1. The van der Waals surface area contributed by atoms with Crippen molar-refractivity contribution in [3.05, 3.63) is 40.8 Å². The van der Waals surface area contributed by atoms with Crippen molar-refractivity contribution in [3.8, 4) is 0 Å². The lowest BCUT2D eigenvalue weighted by molar-refractivity contribution is 0.187. The van der Waals surface area contributed by atoms with Crippen molar-refractivity contribution >= 4 is 28.8 Å². The average molecular weight is 263 g/mol. The summed E-state index contributed by atoms with van der Waals surface area (Å²) >= 11 is 1.56. The molecule has 1 heterocycles. The molecule has 0 saturated heterocycles. The lowest BCUT2D eigenvalue weighted by Crippen LogP contribution is -2.11. The zero-order valence-electron chi connectivity index (χ0n) is 9.84. The number of hydrogen-bond acceptors (Lipinski definition) is 5. The van der Waals surface area contributed by atoms with Crippen molar-refractivity contribution in [3.63, 3.8) is 0 Å². The van der Waals surface area contributed by atoms with E-state index in [-0.39, 0.29) is 0 Å². The minimum Gasteiger partial charge on any atom is -0.453 e. The van der Waals surface area contributed by atoms with Gasteiger partial charge in [-0.15, -0.1) is 11.3 Å². The molecule has 0 aliphatic heterocycles. The highest BCUT2D eigenvalue weighted by Crippen LogP contribution is 2.16. The molecule has 6 heteroatoms. The van der Waals surface area contributed by atoms with Crippen LogP contribution in [0, 0.1) is 0 Å². The summed E-state index contributed by atoms with van der Waals surface area (Å²) < 4.78 is 4.53. The Morgan fingerprint density at radius 3 is 3.00 bits per heavy atom. The summed E-state index contributed by atoms with van der Waals surface area (Å²) in [5.41, 5.74) is 4.39. The fraction of sp³-hybridized carbons (Fsp3) is 0.167. The summed E-state index contributed by atoms with van der Waals surface area (Å²) in [6, 6.07) is 7.41. The van der Waals surface area contributed by atoms with Crippen LogP contribution in [0.5, 0.6) is 0 Å². The number of nitrogens with zero attached hydrogens (tertiary/aromatic N) is 1. The summed E-state index contributed by atoms with van der Waals surface area (Å²) in [5, 5.41) is 7.83. The topological polar surface area (TPSA) is 63.2 Å². The second-order valence-electron chi connectivity index (χ2n) is 3.53. The maximum Gasteiger partial charge on any atom is 0.411 e. The van der Waals surface area contributed by atoms with Gasteiger partial charge in [-0.05, 0) is 18.2 Å². The molecule has 0 unspecified atom stereocenters. The standard InChI is InChI=1S/C12H13N3O2S/c1-17-12(16)15-10-4-2-3-9(5-10)13-6-11-7-18-8-14-11/h2-5,7-8,13H,6H2,1H3,(H,15,16). The molecule has 0 aliphatic rings. The number of carbonyl (C=O) groups excluding carboxylic acids is 1. The van der Waals surface area contributed by atoms with Gasteiger partial charge in [0, 0.05) is 16.8 Å². The van der Waals surface area contributed by atoms with Crippen LogP contribution >= 0.6 is 11.3 Å². The monoisotopic (exact) mass is 263 g/mol. The number of nitrogens with one attached hydrogen (secondary N) is 2. The Morgan fingerprint density at radius 1 is 1.44 bits per heavy atom. The molecule has 18 heavy (non-hydrogen) atoms. The van der Waals surface area contributed by atoms with Gasteiger partial charge in [0.1, 0.15) is 0 Å². The molecular weight excluding hydrogens is 250 g/mol.